The molecule has 0 aliphatic carbocycles. The largest absolute Gasteiger partial charge is 0.192 e. The summed E-state index contributed by atoms with van der Waals surface area (Å²) in [6.45, 7) is 4.08. The Labute approximate surface area is 84.0 Å². The molecule has 0 aliphatic rings. The zero-order valence-electron chi connectivity index (χ0n) is 7.89. The van der Waals surface area contributed by atoms with E-state index in [9.17, 15) is 0 Å². The first kappa shape index (κ1) is 10.1. The third-order valence-corrected chi connectivity index (χ3v) is 2.65. The van der Waals surface area contributed by atoms with Gasteiger partial charge in [0.05, 0.1) is 11.6 Å². The van der Waals surface area contributed by atoms with Crippen LogP contribution in [0, 0.1) is 11.3 Å². The highest BCUT2D eigenvalue weighted by Crippen LogP contribution is 2.25. The predicted octanol–water partition coefficient (Wildman–Crippen LogP) is 3.34. The Morgan fingerprint density at radius 2 is 2.00 bits per heavy atom. The fourth-order valence-electron chi connectivity index (χ4n) is 1.39. The summed E-state index contributed by atoms with van der Waals surface area (Å²) < 4.78 is 0. The van der Waals surface area contributed by atoms with E-state index in [1.807, 2.05) is 19.1 Å². The predicted molar refractivity (Wildman–Crippen MR) is 54.9 cm³/mol. The van der Waals surface area contributed by atoms with E-state index in [1.165, 1.54) is 0 Å². The topological polar surface area (TPSA) is 23.8 Å². The Morgan fingerprint density at radius 1 is 1.31 bits per heavy atom. The van der Waals surface area contributed by atoms with E-state index in [-0.39, 0.29) is 0 Å². The third-order valence-electron chi connectivity index (χ3n) is 2.18. The van der Waals surface area contributed by atoms with Gasteiger partial charge in [-0.1, -0.05) is 31.5 Å². The number of halogens is 1. The third kappa shape index (κ3) is 1.84. The molecule has 0 amide bonds. The van der Waals surface area contributed by atoms with Crippen molar-refractivity contribution < 1.29 is 0 Å². The highest BCUT2D eigenvalue weighted by molar-refractivity contribution is 6.32. The smallest absolute Gasteiger partial charge is 0.0995 e. The Hall–Kier alpha value is -1.00. The van der Waals surface area contributed by atoms with Crippen molar-refractivity contribution in [3.8, 4) is 6.07 Å². The number of aryl methyl sites for hydroxylation is 1. The molecule has 0 fully saturated rings. The molecule has 1 rings (SSSR count). The molecule has 0 heterocycles. The molecule has 1 nitrogen and oxygen atoms in total. The molecule has 1 aromatic rings. The van der Waals surface area contributed by atoms with E-state index < -0.39 is 0 Å². The SMILES string of the molecule is CCc1ccc(C#N)c(CC)c1Cl. The van der Waals surface area contributed by atoms with Crippen molar-refractivity contribution in [2.24, 2.45) is 0 Å². The van der Waals surface area contributed by atoms with E-state index in [2.05, 4.69) is 13.0 Å². The molecule has 0 spiro atoms. The maximum atomic E-state index is 8.83. The first-order valence-electron chi connectivity index (χ1n) is 4.44. The average molecular weight is 194 g/mol. The van der Waals surface area contributed by atoms with Crippen LogP contribution in [0.3, 0.4) is 0 Å². The first-order valence-corrected chi connectivity index (χ1v) is 4.82. The highest BCUT2D eigenvalue weighted by Gasteiger charge is 2.08. The zero-order chi connectivity index (χ0) is 9.84. The Balaban J connectivity index is 3.34. The first-order chi connectivity index (χ1) is 6.24. The summed E-state index contributed by atoms with van der Waals surface area (Å²) >= 11 is 6.14. The summed E-state index contributed by atoms with van der Waals surface area (Å²) in [4.78, 5) is 0. The minimum absolute atomic E-state index is 0.699. The lowest BCUT2D eigenvalue weighted by Gasteiger charge is -2.07. The summed E-state index contributed by atoms with van der Waals surface area (Å²) in [5, 5.41) is 9.60. The van der Waals surface area contributed by atoms with Gasteiger partial charge in [-0.25, -0.2) is 0 Å². The summed E-state index contributed by atoms with van der Waals surface area (Å²) in [5.41, 5.74) is 2.80. The van der Waals surface area contributed by atoms with E-state index in [4.69, 9.17) is 16.9 Å². The molecule has 0 radical (unpaired) electrons. The van der Waals surface area contributed by atoms with Crippen LogP contribution < -0.4 is 0 Å². The van der Waals surface area contributed by atoms with Crippen molar-refractivity contribution in [1.29, 1.82) is 5.26 Å². The second kappa shape index (κ2) is 4.30. The lowest BCUT2D eigenvalue weighted by molar-refractivity contribution is 1.08. The van der Waals surface area contributed by atoms with Crippen LogP contribution >= 0.6 is 11.6 Å². The van der Waals surface area contributed by atoms with Gasteiger partial charge in [0.25, 0.3) is 0 Å². The fourth-order valence-corrected chi connectivity index (χ4v) is 1.83. The van der Waals surface area contributed by atoms with Gasteiger partial charge in [-0.3, -0.25) is 0 Å². The molecule has 0 aromatic heterocycles. The Kier molecular flexibility index (Phi) is 3.33. The normalized spacial score (nSPS) is 9.69. The van der Waals surface area contributed by atoms with Crippen molar-refractivity contribution >= 4 is 11.6 Å². The molecule has 0 saturated carbocycles. The summed E-state index contributed by atoms with van der Waals surface area (Å²) in [5.74, 6) is 0. The van der Waals surface area contributed by atoms with Crippen molar-refractivity contribution in [2.75, 3.05) is 0 Å². The van der Waals surface area contributed by atoms with Gasteiger partial charge in [-0.2, -0.15) is 5.26 Å². The van der Waals surface area contributed by atoms with Gasteiger partial charge in [-0.15, -0.1) is 0 Å². The van der Waals surface area contributed by atoms with Gasteiger partial charge in [0.1, 0.15) is 0 Å². The van der Waals surface area contributed by atoms with Crippen LogP contribution in [0.15, 0.2) is 12.1 Å². The van der Waals surface area contributed by atoms with Crippen LogP contribution in [0.5, 0.6) is 0 Å². The molecule has 1 aromatic carbocycles. The maximum absolute atomic E-state index is 8.83. The van der Waals surface area contributed by atoms with Crippen molar-refractivity contribution in [2.45, 2.75) is 26.7 Å². The highest BCUT2D eigenvalue weighted by atomic mass is 35.5. The number of hydrogen-bond donors (Lipinski definition) is 0. The molecule has 68 valence electrons. The summed E-state index contributed by atoms with van der Waals surface area (Å²) in [6.07, 6.45) is 1.73. The fraction of sp³-hybridized carbons (Fsp3) is 0.364. The molecule has 13 heavy (non-hydrogen) atoms. The van der Waals surface area contributed by atoms with Gasteiger partial charge < -0.3 is 0 Å². The van der Waals surface area contributed by atoms with Crippen LogP contribution in [0.2, 0.25) is 5.02 Å². The van der Waals surface area contributed by atoms with Gasteiger partial charge >= 0.3 is 0 Å². The minimum atomic E-state index is 0.699. The van der Waals surface area contributed by atoms with Crippen LogP contribution in [0.25, 0.3) is 0 Å². The van der Waals surface area contributed by atoms with E-state index in [0.29, 0.717) is 5.56 Å². The average Bonchev–Trinajstić information content (AvgIpc) is 2.17. The lowest BCUT2D eigenvalue weighted by atomic mass is 10.0. The van der Waals surface area contributed by atoms with Crippen molar-refractivity contribution in [3.05, 3.63) is 33.8 Å². The summed E-state index contributed by atoms with van der Waals surface area (Å²) in [7, 11) is 0. The van der Waals surface area contributed by atoms with Crippen molar-refractivity contribution in [1.82, 2.24) is 0 Å². The van der Waals surface area contributed by atoms with Gasteiger partial charge in [0.2, 0.25) is 0 Å². The minimum Gasteiger partial charge on any atom is -0.192 e. The Bertz CT molecular complexity index is 350. The molecule has 0 saturated heterocycles. The number of nitrogens with zero attached hydrogens (tertiary/aromatic N) is 1. The van der Waals surface area contributed by atoms with Crippen LogP contribution in [-0.2, 0) is 12.8 Å². The molecular weight excluding hydrogens is 182 g/mol. The molecular formula is C11H12ClN. The maximum Gasteiger partial charge on any atom is 0.0995 e. The number of nitriles is 1. The van der Waals surface area contributed by atoms with Crippen LogP contribution in [-0.4, -0.2) is 0 Å². The molecule has 0 bridgehead atoms. The number of benzene rings is 1. The lowest BCUT2D eigenvalue weighted by Crippen LogP contribution is -1.93. The standard InChI is InChI=1S/C11H12ClN/c1-3-8-5-6-9(7-13)10(4-2)11(8)12/h5-6H,3-4H2,1-2H3. The summed E-state index contributed by atoms with van der Waals surface area (Å²) in [6, 6.07) is 5.94. The molecule has 0 N–H and O–H groups in total. The van der Waals surface area contributed by atoms with E-state index in [1.54, 1.807) is 0 Å². The zero-order valence-corrected chi connectivity index (χ0v) is 8.65. The molecule has 0 atom stereocenters. The Morgan fingerprint density at radius 3 is 2.46 bits per heavy atom. The quantitative estimate of drug-likeness (QED) is 0.707. The van der Waals surface area contributed by atoms with Crippen LogP contribution in [0.1, 0.15) is 30.5 Å². The molecule has 0 aliphatic heterocycles. The second-order valence-corrected chi connectivity index (χ2v) is 3.26. The van der Waals surface area contributed by atoms with E-state index in [0.717, 1.165) is 29.0 Å². The number of rotatable bonds is 2. The van der Waals surface area contributed by atoms with Crippen LogP contribution in [0.4, 0.5) is 0 Å². The van der Waals surface area contributed by atoms with E-state index >= 15 is 0 Å². The van der Waals surface area contributed by atoms with Crippen molar-refractivity contribution in [3.63, 3.8) is 0 Å². The van der Waals surface area contributed by atoms with Gasteiger partial charge in [0.15, 0.2) is 0 Å². The molecule has 0 unspecified atom stereocenters. The second-order valence-electron chi connectivity index (χ2n) is 2.88. The molecule has 2 heteroatoms. The van der Waals surface area contributed by atoms with Gasteiger partial charge in [-0.05, 0) is 30.0 Å². The van der Waals surface area contributed by atoms with Gasteiger partial charge in [0, 0.05) is 5.02 Å². The monoisotopic (exact) mass is 193 g/mol. The number of hydrogen-bond acceptors (Lipinski definition) is 1.